The van der Waals surface area contributed by atoms with Crippen molar-refractivity contribution in [1.29, 1.82) is 0 Å². The highest BCUT2D eigenvalue weighted by atomic mass is 79.9. The Hall–Kier alpha value is -1.77. The molecule has 0 spiro atoms. The van der Waals surface area contributed by atoms with Crippen molar-refractivity contribution in [2.24, 2.45) is 5.14 Å². The molecule has 2 rings (SSSR count). The minimum atomic E-state index is -3.74. The zero-order valence-corrected chi connectivity index (χ0v) is 14.3. The molecule has 0 saturated heterocycles. The van der Waals surface area contributed by atoms with Crippen LogP contribution in [0.5, 0.6) is 0 Å². The molecule has 0 saturated carbocycles. The first-order valence-corrected chi connectivity index (χ1v) is 8.91. The van der Waals surface area contributed by atoms with Crippen molar-refractivity contribution >= 4 is 31.9 Å². The summed E-state index contributed by atoms with van der Waals surface area (Å²) in [6.45, 7) is 0.199. The second kappa shape index (κ2) is 7.20. The summed E-state index contributed by atoms with van der Waals surface area (Å²) in [5.74, 6) is -0.643. The van der Waals surface area contributed by atoms with Gasteiger partial charge in [0.2, 0.25) is 15.9 Å². The molecule has 3 N–H and O–H groups in total. The fourth-order valence-electron chi connectivity index (χ4n) is 1.96. The van der Waals surface area contributed by atoms with E-state index in [0.29, 0.717) is 15.6 Å². The van der Waals surface area contributed by atoms with Gasteiger partial charge in [-0.05, 0) is 41.5 Å². The van der Waals surface area contributed by atoms with Crippen molar-refractivity contribution in [3.63, 3.8) is 0 Å². The molecule has 0 aliphatic heterocycles. The summed E-state index contributed by atoms with van der Waals surface area (Å²) >= 11 is 3.18. The van der Waals surface area contributed by atoms with Gasteiger partial charge in [-0.1, -0.05) is 28.1 Å². The number of nitrogens with two attached hydrogens (primary N) is 1. The lowest BCUT2D eigenvalue weighted by molar-refractivity contribution is -0.120. The number of rotatable bonds is 5. The average molecular weight is 401 g/mol. The molecule has 0 heterocycles. The Labute approximate surface area is 141 Å². The molecule has 0 fully saturated rings. The second-order valence-electron chi connectivity index (χ2n) is 4.92. The Morgan fingerprint density at radius 2 is 1.78 bits per heavy atom. The first-order valence-electron chi connectivity index (χ1n) is 6.57. The maximum Gasteiger partial charge on any atom is 0.238 e. The smallest absolute Gasteiger partial charge is 0.238 e. The lowest BCUT2D eigenvalue weighted by Gasteiger charge is -2.07. The van der Waals surface area contributed by atoms with Crippen LogP contribution in [-0.2, 0) is 27.8 Å². The molecular formula is C15H14BrFN2O3S. The summed E-state index contributed by atoms with van der Waals surface area (Å²) in [6.07, 6.45) is 0.0847. The van der Waals surface area contributed by atoms with Crippen molar-refractivity contribution in [3.05, 3.63) is 63.9 Å². The molecule has 23 heavy (non-hydrogen) atoms. The minimum absolute atomic E-state index is 0.00808. The van der Waals surface area contributed by atoms with Crippen LogP contribution in [0.15, 0.2) is 51.8 Å². The molecule has 0 bridgehead atoms. The Balaban J connectivity index is 1.94. The zero-order valence-electron chi connectivity index (χ0n) is 11.9. The van der Waals surface area contributed by atoms with Crippen LogP contribution in [0.2, 0.25) is 0 Å². The van der Waals surface area contributed by atoms with Gasteiger partial charge >= 0.3 is 0 Å². The van der Waals surface area contributed by atoms with Gasteiger partial charge in [0.15, 0.2) is 0 Å². The molecule has 0 unspecified atom stereocenters. The van der Waals surface area contributed by atoms with Crippen LogP contribution in [0.1, 0.15) is 11.1 Å². The van der Waals surface area contributed by atoms with E-state index >= 15 is 0 Å². The molecule has 0 atom stereocenters. The maximum atomic E-state index is 13.2. The predicted octanol–water partition coefficient (Wildman–Crippen LogP) is 2.09. The van der Waals surface area contributed by atoms with Crippen LogP contribution in [-0.4, -0.2) is 14.3 Å². The lowest BCUT2D eigenvalue weighted by atomic mass is 10.1. The maximum absolute atomic E-state index is 13.2. The molecule has 122 valence electrons. The van der Waals surface area contributed by atoms with Gasteiger partial charge in [-0.25, -0.2) is 17.9 Å². The predicted molar refractivity (Wildman–Crippen MR) is 87.5 cm³/mol. The van der Waals surface area contributed by atoms with Gasteiger partial charge in [-0.3, -0.25) is 4.79 Å². The SMILES string of the molecule is NS(=O)(=O)c1ccc(CC(=O)NCc2cc(F)cc(Br)c2)cc1. The molecule has 5 nitrogen and oxygen atoms in total. The number of hydrogen-bond donors (Lipinski definition) is 2. The third-order valence-electron chi connectivity index (χ3n) is 3.03. The van der Waals surface area contributed by atoms with E-state index in [1.54, 1.807) is 6.07 Å². The number of sulfonamides is 1. The van der Waals surface area contributed by atoms with Crippen LogP contribution in [0, 0.1) is 5.82 Å². The highest BCUT2D eigenvalue weighted by Crippen LogP contribution is 2.15. The van der Waals surface area contributed by atoms with E-state index in [9.17, 15) is 17.6 Å². The second-order valence-corrected chi connectivity index (χ2v) is 7.40. The van der Waals surface area contributed by atoms with Crippen LogP contribution in [0.3, 0.4) is 0 Å². The van der Waals surface area contributed by atoms with Crippen molar-refractivity contribution < 1.29 is 17.6 Å². The zero-order chi connectivity index (χ0) is 17.0. The quantitative estimate of drug-likeness (QED) is 0.804. The Kier molecular flexibility index (Phi) is 5.51. The van der Waals surface area contributed by atoms with Crippen LogP contribution in [0.4, 0.5) is 4.39 Å². The molecule has 0 radical (unpaired) electrons. The highest BCUT2D eigenvalue weighted by Gasteiger charge is 2.09. The standard InChI is InChI=1S/C15H14BrFN2O3S/c16-12-5-11(6-13(17)8-12)9-19-15(20)7-10-1-3-14(4-2-10)23(18,21)22/h1-6,8H,7,9H2,(H,19,20)(H2,18,21,22). The third kappa shape index (κ3) is 5.42. The third-order valence-corrected chi connectivity index (χ3v) is 4.42. The van der Waals surface area contributed by atoms with Crippen molar-refractivity contribution in [3.8, 4) is 0 Å². The van der Waals surface area contributed by atoms with Crippen molar-refractivity contribution in [2.45, 2.75) is 17.9 Å². The van der Waals surface area contributed by atoms with E-state index in [0.717, 1.165) is 0 Å². The van der Waals surface area contributed by atoms with Gasteiger partial charge in [0.05, 0.1) is 11.3 Å². The monoisotopic (exact) mass is 400 g/mol. The lowest BCUT2D eigenvalue weighted by Crippen LogP contribution is -2.24. The van der Waals surface area contributed by atoms with Crippen LogP contribution < -0.4 is 10.5 Å². The molecule has 2 aromatic carbocycles. The molecule has 1 amide bonds. The molecule has 0 aliphatic carbocycles. The highest BCUT2D eigenvalue weighted by molar-refractivity contribution is 9.10. The van der Waals surface area contributed by atoms with Gasteiger partial charge in [-0.15, -0.1) is 0 Å². The Morgan fingerprint density at radius 1 is 1.13 bits per heavy atom. The first-order chi connectivity index (χ1) is 10.7. The van der Waals surface area contributed by atoms with E-state index in [2.05, 4.69) is 21.2 Å². The largest absolute Gasteiger partial charge is 0.352 e. The normalized spacial score (nSPS) is 11.3. The number of benzene rings is 2. The van der Waals surface area contributed by atoms with Crippen LogP contribution >= 0.6 is 15.9 Å². The average Bonchev–Trinajstić information content (AvgIpc) is 2.44. The molecule has 0 aromatic heterocycles. The summed E-state index contributed by atoms with van der Waals surface area (Å²) in [4.78, 5) is 11.9. The summed E-state index contributed by atoms with van der Waals surface area (Å²) in [5, 5.41) is 7.68. The van der Waals surface area contributed by atoms with Gasteiger partial charge in [-0.2, -0.15) is 0 Å². The minimum Gasteiger partial charge on any atom is -0.352 e. The Bertz CT molecular complexity index is 803. The molecule has 0 aliphatic rings. The van der Waals surface area contributed by atoms with E-state index in [1.807, 2.05) is 0 Å². The van der Waals surface area contributed by atoms with Crippen LogP contribution in [0.25, 0.3) is 0 Å². The Morgan fingerprint density at radius 3 is 2.35 bits per heavy atom. The summed E-state index contributed by atoms with van der Waals surface area (Å²) in [6, 6.07) is 10.1. The fourth-order valence-corrected chi connectivity index (χ4v) is 2.99. The van der Waals surface area contributed by atoms with Crippen molar-refractivity contribution in [2.75, 3.05) is 0 Å². The number of nitrogens with one attached hydrogen (secondary N) is 1. The number of carbonyl (C=O) groups excluding carboxylic acids is 1. The van der Waals surface area contributed by atoms with E-state index < -0.39 is 10.0 Å². The van der Waals surface area contributed by atoms with Gasteiger partial charge in [0.1, 0.15) is 5.82 Å². The topological polar surface area (TPSA) is 89.3 Å². The summed E-state index contributed by atoms with van der Waals surface area (Å²) < 4.78 is 36.1. The fraction of sp³-hybridized carbons (Fsp3) is 0.133. The first kappa shape index (κ1) is 17.6. The number of primary sulfonamides is 1. The van der Waals surface area contributed by atoms with E-state index in [-0.39, 0.29) is 29.6 Å². The van der Waals surface area contributed by atoms with Gasteiger partial charge in [0.25, 0.3) is 0 Å². The van der Waals surface area contributed by atoms with Gasteiger partial charge < -0.3 is 5.32 Å². The molecular weight excluding hydrogens is 387 g/mol. The summed E-state index contributed by atoms with van der Waals surface area (Å²) in [7, 11) is -3.74. The molecule has 2 aromatic rings. The number of carbonyl (C=O) groups is 1. The van der Waals surface area contributed by atoms with Gasteiger partial charge in [0, 0.05) is 11.0 Å². The molecule has 8 heteroatoms. The number of halogens is 2. The van der Waals surface area contributed by atoms with E-state index in [4.69, 9.17) is 5.14 Å². The number of hydrogen-bond acceptors (Lipinski definition) is 3. The number of amides is 1. The van der Waals surface area contributed by atoms with Crippen molar-refractivity contribution in [1.82, 2.24) is 5.32 Å². The van der Waals surface area contributed by atoms with E-state index in [1.165, 1.54) is 36.4 Å². The summed E-state index contributed by atoms with van der Waals surface area (Å²) in [5.41, 5.74) is 1.28.